The Bertz CT molecular complexity index is 833. The minimum Gasteiger partial charge on any atom is -0.497 e. The highest BCUT2D eigenvalue weighted by Crippen LogP contribution is 2.28. The molecule has 29 heavy (non-hydrogen) atoms. The third-order valence-electron chi connectivity index (χ3n) is 4.95. The number of nitrogens with one attached hydrogen (secondary N) is 1. The summed E-state index contributed by atoms with van der Waals surface area (Å²) in [5.74, 6) is 1.01. The Morgan fingerprint density at radius 3 is 2.52 bits per heavy atom. The van der Waals surface area contributed by atoms with Crippen molar-refractivity contribution in [3.05, 3.63) is 53.1 Å². The average molecular weight is 419 g/mol. The second-order valence-corrected chi connectivity index (χ2v) is 7.62. The molecule has 6 heteroatoms. The number of likely N-dealkylation sites (tertiary alicyclic amines) is 1. The summed E-state index contributed by atoms with van der Waals surface area (Å²) in [5, 5.41) is 3.06. The Kier molecular flexibility index (Phi) is 8.35. The van der Waals surface area contributed by atoms with E-state index < -0.39 is 0 Å². The molecule has 2 aromatic carbocycles. The molecule has 0 bridgehead atoms. The Labute approximate surface area is 179 Å². The van der Waals surface area contributed by atoms with Gasteiger partial charge in [-0.3, -0.25) is 9.69 Å². The van der Waals surface area contributed by atoms with Crippen molar-refractivity contribution >= 4 is 24.0 Å². The SMILES string of the molecule is COc1ccc(C(=O)Nc2cc(CN3CCCC3)ccc2C)c(OC(C)C)c1.Cl. The molecule has 0 unspecified atom stereocenters. The molecule has 0 aliphatic carbocycles. The number of nitrogens with zero attached hydrogens (tertiary/aromatic N) is 1. The molecule has 0 radical (unpaired) electrons. The maximum absolute atomic E-state index is 13.0. The fraction of sp³-hybridized carbons (Fsp3) is 0.435. The van der Waals surface area contributed by atoms with E-state index in [0.29, 0.717) is 17.1 Å². The van der Waals surface area contributed by atoms with E-state index in [0.717, 1.165) is 30.9 Å². The number of hydrogen-bond donors (Lipinski definition) is 1. The third kappa shape index (κ3) is 6.12. The molecule has 1 aliphatic heterocycles. The molecule has 1 N–H and O–H groups in total. The molecule has 1 fully saturated rings. The van der Waals surface area contributed by atoms with Crippen LogP contribution < -0.4 is 14.8 Å². The van der Waals surface area contributed by atoms with Gasteiger partial charge in [-0.15, -0.1) is 12.4 Å². The number of ether oxygens (including phenoxy) is 2. The monoisotopic (exact) mass is 418 g/mol. The molecule has 1 heterocycles. The lowest BCUT2D eigenvalue weighted by Crippen LogP contribution is -2.19. The molecular formula is C23H31ClN2O3. The number of carbonyl (C=O) groups is 1. The van der Waals surface area contributed by atoms with E-state index in [1.807, 2.05) is 20.8 Å². The lowest BCUT2D eigenvalue weighted by molar-refractivity contribution is 0.102. The van der Waals surface area contributed by atoms with Crippen LogP contribution in [0.4, 0.5) is 5.69 Å². The van der Waals surface area contributed by atoms with E-state index >= 15 is 0 Å². The Balaban J connectivity index is 0.00000300. The molecule has 1 amide bonds. The molecule has 0 saturated carbocycles. The van der Waals surface area contributed by atoms with Crippen LogP contribution in [0.1, 0.15) is 48.2 Å². The molecule has 1 aliphatic rings. The quantitative estimate of drug-likeness (QED) is 0.682. The van der Waals surface area contributed by atoms with Crippen molar-refractivity contribution < 1.29 is 14.3 Å². The van der Waals surface area contributed by atoms with Gasteiger partial charge in [-0.05, 0) is 76.0 Å². The van der Waals surface area contributed by atoms with Crippen LogP contribution >= 0.6 is 12.4 Å². The first-order valence-electron chi connectivity index (χ1n) is 9.94. The van der Waals surface area contributed by atoms with Crippen LogP contribution in [0.25, 0.3) is 0 Å². The lowest BCUT2D eigenvalue weighted by Gasteiger charge is -2.18. The van der Waals surface area contributed by atoms with Gasteiger partial charge in [0, 0.05) is 18.3 Å². The summed E-state index contributed by atoms with van der Waals surface area (Å²) in [6, 6.07) is 11.6. The minimum absolute atomic E-state index is 0. The number of methoxy groups -OCH3 is 1. The standard InChI is InChI=1S/C23H30N2O3.ClH/c1-16(2)28-22-14-19(27-4)9-10-20(22)23(26)24-21-13-18(8-7-17(21)3)15-25-11-5-6-12-25;/h7-10,13-14,16H,5-6,11-12,15H2,1-4H3,(H,24,26);1H. The molecule has 0 spiro atoms. The zero-order valence-electron chi connectivity index (χ0n) is 17.7. The highest BCUT2D eigenvalue weighted by atomic mass is 35.5. The van der Waals surface area contributed by atoms with E-state index in [1.165, 1.54) is 18.4 Å². The fourth-order valence-electron chi connectivity index (χ4n) is 3.46. The van der Waals surface area contributed by atoms with Crippen molar-refractivity contribution in [1.82, 2.24) is 4.90 Å². The summed E-state index contributed by atoms with van der Waals surface area (Å²) < 4.78 is 11.1. The Morgan fingerprint density at radius 1 is 1.14 bits per heavy atom. The van der Waals surface area contributed by atoms with Gasteiger partial charge in [-0.2, -0.15) is 0 Å². The van der Waals surface area contributed by atoms with Gasteiger partial charge in [0.25, 0.3) is 5.91 Å². The maximum Gasteiger partial charge on any atom is 0.259 e. The summed E-state index contributed by atoms with van der Waals surface area (Å²) in [4.78, 5) is 15.4. The van der Waals surface area contributed by atoms with Crippen molar-refractivity contribution in [1.29, 1.82) is 0 Å². The van der Waals surface area contributed by atoms with Gasteiger partial charge in [0.2, 0.25) is 0 Å². The first-order valence-corrected chi connectivity index (χ1v) is 9.94. The van der Waals surface area contributed by atoms with E-state index in [9.17, 15) is 4.79 Å². The van der Waals surface area contributed by atoms with E-state index in [4.69, 9.17) is 9.47 Å². The number of aryl methyl sites for hydroxylation is 1. The zero-order valence-corrected chi connectivity index (χ0v) is 18.5. The molecule has 158 valence electrons. The number of anilines is 1. The fourth-order valence-corrected chi connectivity index (χ4v) is 3.46. The molecule has 0 atom stereocenters. The summed E-state index contributed by atoms with van der Waals surface area (Å²) in [5.41, 5.74) is 3.60. The van der Waals surface area contributed by atoms with Crippen LogP contribution in [0.5, 0.6) is 11.5 Å². The van der Waals surface area contributed by atoms with Gasteiger partial charge in [0.05, 0.1) is 18.8 Å². The summed E-state index contributed by atoms with van der Waals surface area (Å²) in [6.07, 6.45) is 2.50. The van der Waals surface area contributed by atoms with Crippen molar-refractivity contribution in [2.24, 2.45) is 0 Å². The first kappa shape index (κ1) is 23.0. The van der Waals surface area contributed by atoms with Crippen molar-refractivity contribution in [2.45, 2.75) is 46.3 Å². The van der Waals surface area contributed by atoms with Gasteiger partial charge in [-0.1, -0.05) is 12.1 Å². The van der Waals surface area contributed by atoms with Gasteiger partial charge < -0.3 is 14.8 Å². The van der Waals surface area contributed by atoms with E-state index in [1.54, 1.807) is 25.3 Å². The van der Waals surface area contributed by atoms with Crippen LogP contribution in [0.3, 0.4) is 0 Å². The Hall–Kier alpha value is -2.24. The molecule has 5 nitrogen and oxygen atoms in total. The molecule has 2 aromatic rings. The number of amides is 1. The number of carbonyl (C=O) groups excluding carboxylic acids is 1. The predicted octanol–water partition coefficient (Wildman–Crippen LogP) is 5.06. The van der Waals surface area contributed by atoms with E-state index in [-0.39, 0.29) is 24.4 Å². The van der Waals surface area contributed by atoms with Crippen molar-refractivity contribution in [3.63, 3.8) is 0 Å². The summed E-state index contributed by atoms with van der Waals surface area (Å²) in [6.45, 7) is 9.11. The number of benzene rings is 2. The number of rotatable bonds is 7. The van der Waals surface area contributed by atoms with Gasteiger partial charge in [-0.25, -0.2) is 0 Å². The third-order valence-corrected chi connectivity index (χ3v) is 4.95. The second-order valence-electron chi connectivity index (χ2n) is 7.62. The van der Waals surface area contributed by atoms with Gasteiger partial charge >= 0.3 is 0 Å². The molecular weight excluding hydrogens is 388 g/mol. The highest BCUT2D eigenvalue weighted by molar-refractivity contribution is 6.06. The molecule has 0 aromatic heterocycles. The summed E-state index contributed by atoms with van der Waals surface area (Å²) >= 11 is 0. The minimum atomic E-state index is -0.181. The number of hydrogen-bond acceptors (Lipinski definition) is 4. The second kappa shape index (κ2) is 10.5. The van der Waals surface area contributed by atoms with Crippen LogP contribution in [-0.2, 0) is 6.54 Å². The number of halogens is 1. The predicted molar refractivity (Wildman–Crippen MR) is 120 cm³/mol. The van der Waals surface area contributed by atoms with Gasteiger partial charge in [0.15, 0.2) is 0 Å². The van der Waals surface area contributed by atoms with Crippen LogP contribution in [0.15, 0.2) is 36.4 Å². The smallest absolute Gasteiger partial charge is 0.259 e. The molecule has 3 rings (SSSR count). The first-order chi connectivity index (χ1) is 13.5. The van der Waals surface area contributed by atoms with Crippen LogP contribution in [0, 0.1) is 6.92 Å². The summed E-state index contributed by atoms with van der Waals surface area (Å²) in [7, 11) is 1.60. The highest BCUT2D eigenvalue weighted by Gasteiger charge is 2.17. The van der Waals surface area contributed by atoms with Crippen molar-refractivity contribution in [2.75, 3.05) is 25.5 Å². The average Bonchev–Trinajstić information content (AvgIpc) is 3.16. The maximum atomic E-state index is 13.0. The van der Waals surface area contributed by atoms with E-state index in [2.05, 4.69) is 28.4 Å². The van der Waals surface area contributed by atoms with Gasteiger partial charge in [0.1, 0.15) is 11.5 Å². The zero-order chi connectivity index (χ0) is 20.1. The van der Waals surface area contributed by atoms with Crippen LogP contribution in [0.2, 0.25) is 0 Å². The Morgan fingerprint density at radius 2 is 1.86 bits per heavy atom. The van der Waals surface area contributed by atoms with Crippen molar-refractivity contribution in [3.8, 4) is 11.5 Å². The normalized spacial score (nSPS) is 13.8. The lowest BCUT2D eigenvalue weighted by atomic mass is 10.1. The topological polar surface area (TPSA) is 50.8 Å². The largest absolute Gasteiger partial charge is 0.497 e. The molecule has 1 saturated heterocycles. The van der Waals surface area contributed by atoms with Crippen LogP contribution in [-0.4, -0.2) is 37.1 Å².